The molecule has 0 spiro atoms. The highest BCUT2D eigenvalue weighted by atomic mass is 15.1. The van der Waals surface area contributed by atoms with Crippen molar-refractivity contribution in [2.24, 2.45) is 11.5 Å². The van der Waals surface area contributed by atoms with Crippen molar-refractivity contribution in [3.63, 3.8) is 0 Å². The van der Waals surface area contributed by atoms with Crippen LogP contribution in [-0.4, -0.2) is 5.66 Å². The number of nitrogens with two attached hydrogens (primary N) is 2. The van der Waals surface area contributed by atoms with Gasteiger partial charge in [0.05, 0.1) is 5.66 Å². The number of hydrogen-bond acceptors (Lipinski definition) is 3. The summed E-state index contributed by atoms with van der Waals surface area (Å²) in [4.78, 5) is 0. The minimum atomic E-state index is -0.180. The first kappa shape index (κ1) is 8.14. The van der Waals surface area contributed by atoms with Gasteiger partial charge in [-0.2, -0.15) is 0 Å². The molecule has 3 heteroatoms. The third-order valence-electron chi connectivity index (χ3n) is 1.80. The molecule has 1 saturated carbocycles. The molecule has 0 saturated heterocycles. The molecule has 1 fully saturated rings. The molecule has 0 atom stereocenters. The van der Waals surface area contributed by atoms with Crippen molar-refractivity contribution in [3.8, 4) is 0 Å². The third kappa shape index (κ3) is 2.27. The molecule has 1 aliphatic carbocycles. The molecule has 3 nitrogen and oxygen atoms in total. The lowest BCUT2D eigenvalue weighted by Crippen LogP contribution is -2.36. The first-order valence-electron chi connectivity index (χ1n) is 3.72. The standard InChI is InChI=1S/C8H15N3/c1-6(2)7(9)5-11-8(10)3-4-8/h5,11H,1,3-4,9-10H2,2H3/b7-5-. The molecule has 5 N–H and O–H groups in total. The van der Waals surface area contributed by atoms with E-state index in [2.05, 4.69) is 11.9 Å². The zero-order valence-electron chi connectivity index (χ0n) is 6.85. The number of nitrogens with one attached hydrogen (secondary N) is 1. The van der Waals surface area contributed by atoms with Crippen LogP contribution in [0.4, 0.5) is 0 Å². The average Bonchev–Trinajstić information content (AvgIpc) is 2.64. The van der Waals surface area contributed by atoms with Crippen LogP contribution in [-0.2, 0) is 0 Å². The maximum Gasteiger partial charge on any atom is 0.0855 e. The van der Waals surface area contributed by atoms with E-state index in [1.165, 1.54) is 0 Å². The molecular formula is C8H15N3. The second kappa shape index (κ2) is 2.58. The quantitative estimate of drug-likeness (QED) is 0.406. The summed E-state index contributed by atoms with van der Waals surface area (Å²) in [5.74, 6) is 0. The van der Waals surface area contributed by atoms with Crippen molar-refractivity contribution in [1.82, 2.24) is 5.32 Å². The molecule has 0 aromatic rings. The molecule has 0 heterocycles. The molecule has 0 bridgehead atoms. The lowest BCUT2D eigenvalue weighted by Gasteiger charge is -2.09. The van der Waals surface area contributed by atoms with Crippen molar-refractivity contribution in [2.75, 3.05) is 0 Å². The van der Waals surface area contributed by atoms with E-state index in [-0.39, 0.29) is 5.66 Å². The van der Waals surface area contributed by atoms with Crippen molar-refractivity contribution >= 4 is 0 Å². The van der Waals surface area contributed by atoms with E-state index in [1.54, 1.807) is 6.20 Å². The van der Waals surface area contributed by atoms with Crippen LogP contribution in [0.25, 0.3) is 0 Å². The van der Waals surface area contributed by atoms with Crippen LogP contribution in [0.5, 0.6) is 0 Å². The summed E-state index contributed by atoms with van der Waals surface area (Å²) in [6.45, 7) is 5.57. The second-order valence-corrected chi connectivity index (χ2v) is 3.18. The van der Waals surface area contributed by atoms with E-state index in [9.17, 15) is 0 Å². The Labute approximate surface area is 67.1 Å². The first-order valence-corrected chi connectivity index (χ1v) is 3.72. The van der Waals surface area contributed by atoms with Gasteiger partial charge in [-0.05, 0) is 25.3 Å². The van der Waals surface area contributed by atoms with E-state index < -0.39 is 0 Å². The van der Waals surface area contributed by atoms with Gasteiger partial charge >= 0.3 is 0 Å². The van der Waals surface area contributed by atoms with Crippen LogP contribution in [0.2, 0.25) is 0 Å². The van der Waals surface area contributed by atoms with Gasteiger partial charge in [0.15, 0.2) is 0 Å². The van der Waals surface area contributed by atoms with E-state index in [1.807, 2.05) is 6.92 Å². The maximum absolute atomic E-state index is 5.75. The largest absolute Gasteiger partial charge is 0.397 e. The normalized spacial score (nSPS) is 21.1. The summed E-state index contributed by atoms with van der Waals surface area (Å²) >= 11 is 0. The molecule has 0 aromatic carbocycles. The van der Waals surface area contributed by atoms with Gasteiger partial charge in [-0.3, -0.25) is 0 Å². The molecule has 0 aromatic heterocycles. The van der Waals surface area contributed by atoms with Gasteiger partial charge in [0.1, 0.15) is 0 Å². The Kier molecular flexibility index (Phi) is 1.91. The van der Waals surface area contributed by atoms with Crippen LogP contribution in [0.15, 0.2) is 24.0 Å². The van der Waals surface area contributed by atoms with Crippen LogP contribution in [0.1, 0.15) is 19.8 Å². The zero-order valence-corrected chi connectivity index (χ0v) is 6.85. The maximum atomic E-state index is 5.75. The summed E-state index contributed by atoms with van der Waals surface area (Å²) in [6.07, 6.45) is 3.77. The number of hydrogen-bond donors (Lipinski definition) is 3. The minimum Gasteiger partial charge on any atom is -0.397 e. The topological polar surface area (TPSA) is 64.1 Å². The van der Waals surface area contributed by atoms with Gasteiger partial charge in [-0.1, -0.05) is 6.58 Å². The predicted molar refractivity (Wildman–Crippen MR) is 46.4 cm³/mol. The predicted octanol–water partition coefficient (Wildman–Crippen LogP) is 0.401. The van der Waals surface area contributed by atoms with Gasteiger partial charge in [0.2, 0.25) is 0 Å². The molecule has 0 radical (unpaired) electrons. The monoisotopic (exact) mass is 153 g/mol. The fraction of sp³-hybridized carbons (Fsp3) is 0.500. The van der Waals surface area contributed by atoms with Gasteiger partial charge in [0, 0.05) is 11.9 Å². The first-order chi connectivity index (χ1) is 5.03. The van der Waals surface area contributed by atoms with Crippen LogP contribution in [0, 0.1) is 0 Å². The SMILES string of the molecule is C=C(C)/C(N)=C/NC1(N)CC1. The van der Waals surface area contributed by atoms with Gasteiger partial charge in [-0.15, -0.1) is 0 Å². The molecule has 1 rings (SSSR count). The highest BCUT2D eigenvalue weighted by molar-refractivity contribution is 5.22. The Morgan fingerprint density at radius 3 is 2.55 bits per heavy atom. The average molecular weight is 153 g/mol. The Morgan fingerprint density at radius 2 is 2.18 bits per heavy atom. The van der Waals surface area contributed by atoms with E-state index in [4.69, 9.17) is 11.5 Å². The molecule has 0 aliphatic heterocycles. The third-order valence-corrected chi connectivity index (χ3v) is 1.80. The van der Waals surface area contributed by atoms with Gasteiger partial charge in [-0.25, -0.2) is 0 Å². The fourth-order valence-corrected chi connectivity index (χ4v) is 0.624. The summed E-state index contributed by atoms with van der Waals surface area (Å²) in [7, 11) is 0. The van der Waals surface area contributed by atoms with Crippen molar-refractivity contribution in [2.45, 2.75) is 25.4 Å². The van der Waals surface area contributed by atoms with Crippen molar-refractivity contribution in [3.05, 3.63) is 24.0 Å². The summed E-state index contributed by atoms with van der Waals surface area (Å²) < 4.78 is 0. The molecule has 11 heavy (non-hydrogen) atoms. The lowest BCUT2D eigenvalue weighted by molar-refractivity contribution is 0.603. The van der Waals surface area contributed by atoms with E-state index >= 15 is 0 Å². The van der Waals surface area contributed by atoms with Crippen molar-refractivity contribution < 1.29 is 0 Å². The van der Waals surface area contributed by atoms with E-state index in [0.717, 1.165) is 18.4 Å². The highest BCUT2D eigenvalue weighted by Gasteiger charge is 2.36. The molecular weight excluding hydrogens is 138 g/mol. The molecule has 0 amide bonds. The van der Waals surface area contributed by atoms with Crippen LogP contribution >= 0.6 is 0 Å². The van der Waals surface area contributed by atoms with E-state index in [0.29, 0.717) is 5.70 Å². The summed E-state index contributed by atoms with van der Waals surface area (Å²) in [6, 6.07) is 0. The van der Waals surface area contributed by atoms with Crippen LogP contribution < -0.4 is 16.8 Å². The summed E-state index contributed by atoms with van der Waals surface area (Å²) in [5.41, 5.74) is 12.7. The fourth-order valence-electron chi connectivity index (χ4n) is 0.624. The molecule has 0 unspecified atom stereocenters. The van der Waals surface area contributed by atoms with Gasteiger partial charge < -0.3 is 16.8 Å². The molecule has 1 aliphatic rings. The number of allylic oxidation sites excluding steroid dienone is 1. The number of rotatable bonds is 3. The van der Waals surface area contributed by atoms with Crippen LogP contribution in [0.3, 0.4) is 0 Å². The smallest absolute Gasteiger partial charge is 0.0855 e. The Hall–Kier alpha value is -0.960. The Morgan fingerprint density at radius 1 is 1.64 bits per heavy atom. The zero-order chi connectivity index (χ0) is 8.48. The minimum absolute atomic E-state index is 0.180. The Bertz CT molecular complexity index is 201. The second-order valence-electron chi connectivity index (χ2n) is 3.18. The Balaban J connectivity index is 2.40. The molecule has 62 valence electrons. The lowest BCUT2D eigenvalue weighted by atomic mass is 10.3. The summed E-state index contributed by atoms with van der Waals surface area (Å²) in [5, 5.41) is 3.04. The van der Waals surface area contributed by atoms with Crippen molar-refractivity contribution in [1.29, 1.82) is 0 Å². The van der Waals surface area contributed by atoms with Gasteiger partial charge in [0.25, 0.3) is 0 Å². The highest BCUT2D eigenvalue weighted by Crippen LogP contribution is 2.28.